The number of nitrogens with one attached hydrogen (secondary N) is 1. The Morgan fingerprint density at radius 3 is 1.10 bits per heavy atom. The molecular weight excluding hydrogens is 924 g/mol. The predicted octanol–water partition coefficient (Wildman–Crippen LogP) is 19.5. The molecule has 0 spiro atoms. The maximum Gasteiger partial charge on any atom is 0.472 e. The molecule has 0 aromatic carbocycles. The third-order valence-electron chi connectivity index (χ3n) is 14.2. The van der Waals surface area contributed by atoms with Crippen LogP contribution in [0.1, 0.15) is 303 Å². The summed E-state index contributed by atoms with van der Waals surface area (Å²) in [5.74, 6) is -0.189. The highest BCUT2D eigenvalue weighted by molar-refractivity contribution is 7.47. The number of aliphatic hydroxyl groups is 1. The highest BCUT2D eigenvalue weighted by atomic mass is 31.2. The first kappa shape index (κ1) is 71.5. The van der Waals surface area contributed by atoms with Crippen molar-refractivity contribution in [3.05, 3.63) is 48.6 Å². The number of allylic oxidation sites excluding steroid dienone is 7. The summed E-state index contributed by atoms with van der Waals surface area (Å²) in [4.78, 5) is 23.3. The van der Waals surface area contributed by atoms with E-state index in [9.17, 15) is 19.4 Å². The molecule has 8 nitrogen and oxygen atoms in total. The quantitative estimate of drug-likeness (QED) is 0.0243. The van der Waals surface area contributed by atoms with Crippen LogP contribution in [0, 0.1) is 0 Å². The number of hydrogen-bond donors (Lipinski definition) is 3. The molecule has 0 saturated heterocycles. The van der Waals surface area contributed by atoms with Gasteiger partial charge < -0.3 is 19.8 Å². The van der Waals surface area contributed by atoms with Gasteiger partial charge in [-0.05, 0) is 70.6 Å². The maximum atomic E-state index is 13.0. The van der Waals surface area contributed by atoms with Crippen LogP contribution in [0.25, 0.3) is 0 Å². The van der Waals surface area contributed by atoms with Crippen molar-refractivity contribution < 1.29 is 32.9 Å². The van der Waals surface area contributed by atoms with Gasteiger partial charge in [-0.1, -0.05) is 274 Å². The number of carbonyl (C=O) groups excluding carboxylic acids is 1. The van der Waals surface area contributed by atoms with Gasteiger partial charge in [0.15, 0.2) is 0 Å². The SMILES string of the molecule is CCCCCCCCCC/C=C\CCCCCCCCCCCCCC(=O)NC(COP(=O)(O)OCC[N+](C)(C)C)C(O)/C=C/CC/C=C/CC/C=C/CCCCCCCCCCCCCCCCCCCC. The summed E-state index contributed by atoms with van der Waals surface area (Å²) in [5.41, 5.74) is 0. The zero-order valence-electron chi connectivity index (χ0n) is 49.1. The van der Waals surface area contributed by atoms with Gasteiger partial charge in [-0.3, -0.25) is 13.8 Å². The van der Waals surface area contributed by atoms with Crippen LogP contribution in [0.2, 0.25) is 0 Å². The molecule has 0 saturated carbocycles. The Kier molecular flexibility index (Phi) is 54.1. The van der Waals surface area contributed by atoms with Gasteiger partial charge in [0.05, 0.1) is 39.9 Å². The molecular formula is C64H124N2O6P+. The van der Waals surface area contributed by atoms with Crippen LogP contribution in [0.3, 0.4) is 0 Å². The molecule has 9 heteroatoms. The zero-order valence-corrected chi connectivity index (χ0v) is 50.0. The number of quaternary nitrogens is 1. The van der Waals surface area contributed by atoms with Crippen LogP contribution in [-0.4, -0.2) is 73.4 Å². The minimum absolute atomic E-state index is 0.0533. The third kappa shape index (κ3) is 58.0. The molecule has 0 fully saturated rings. The fraction of sp³-hybridized carbons (Fsp3) is 0.859. The predicted molar refractivity (Wildman–Crippen MR) is 318 cm³/mol. The monoisotopic (exact) mass is 1050 g/mol. The normalized spacial score (nSPS) is 14.1. The van der Waals surface area contributed by atoms with Crippen LogP contribution in [0.5, 0.6) is 0 Å². The van der Waals surface area contributed by atoms with E-state index in [1.165, 1.54) is 238 Å². The van der Waals surface area contributed by atoms with Gasteiger partial charge in [-0.2, -0.15) is 0 Å². The Labute approximate surface area is 454 Å². The van der Waals surface area contributed by atoms with Crippen LogP contribution in [0.4, 0.5) is 0 Å². The molecule has 3 atom stereocenters. The number of rotatable bonds is 58. The Morgan fingerprint density at radius 2 is 0.753 bits per heavy atom. The molecule has 0 aromatic heterocycles. The van der Waals surface area contributed by atoms with E-state index in [1.807, 2.05) is 27.2 Å². The molecule has 0 bridgehead atoms. The van der Waals surface area contributed by atoms with Gasteiger partial charge >= 0.3 is 7.82 Å². The van der Waals surface area contributed by atoms with E-state index in [4.69, 9.17) is 9.05 Å². The molecule has 0 rings (SSSR count). The fourth-order valence-electron chi connectivity index (χ4n) is 9.31. The second-order valence-corrected chi connectivity index (χ2v) is 24.2. The van der Waals surface area contributed by atoms with Crippen LogP contribution in [-0.2, 0) is 18.4 Å². The summed E-state index contributed by atoms with van der Waals surface area (Å²) >= 11 is 0. The summed E-state index contributed by atoms with van der Waals surface area (Å²) in [6.07, 6.45) is 73.8. The van der Waals surface area contributed by atoms with E-state index < -0.39 is 20.0 Å². The molecule has 1 amide bonds. The lowest BCUT2D eigenvalue weighted by Gasteiger charge is -2.25. The van der Waals surface area contributed by atoms with Gasteiger partial charge in [0, 0.05) is 6.42 Å². The van der Waals surface area contributed by atoms with E-state index >= 15 is 0 Å². The van der Waals surface area contributed by atoms with E-state index in [0.29, 0.717) is 17.4 Å². The van der Waals surface area contributed by atoms with Crippen molar-refractivity contribution in [2.45, 2.75) is 315 Å². The lowest BCUT2D eigenvalue weighted by Crippen LogP contribution is -2.45. The van der Waals surface area contributed by atoms with Crippen molar-refractivity contribution in [3.63, 3.8) is 0 Å². The number of nitrogens with zero attached hydrogens (tertiary/aromatic N) is 1. The molecule has 0 heterocycles. The molecule has 430 valence electrons. The Hall–Kier alpha value is -1.54. The third-order valence-corrected chi connectivity index (χ3v) is 15.2. The lowest BCUT2D eigenvalue weighted by molar-refractivity contribution is -0.870. The largest absolute Gasteiger partial charge is 0.472 e. The summed E-state index contributed by atoms with van der Waals surface area (Å²) in [6, 6.07) is -0.872. The average molecular weight is 1050 g/mol. The van der Waals surface area contributed by atoms with Gasteiger partial charge in [0.2, 0.25) is 5.91 Å². The average Bonchev–Trinajstić information content (AvgIpc) is 3.35. The maximum absolute atomic E-state index is 13.0. The number of unbranched alkanes of at least 4 members (excludes halogenated alkanes) is 39. The van der Waals surface area contributed by atoms with Crippen molar-refractivity contribution >= 4 is 13.7 Å². The lowest BCUT2D eigenvalue weighted by atomic mass is 10.0. The van der Waals surface area contributed by atoms with Crippen LogP contribution in [0.15, 0.2) is 48.6 Å². The van der Waals surface area contributed by atoms with E-state index in [0.717, 1.165) is 44.9 Å². The van der Waals surface area contributed by atoms with E-state index in [2.05, 4.69) is 55.6 Å². The van der Waals surface area contributed by atoms with Crippen molar-refractivity contribution in [2.75, 3.05) is 40.9 Å². The van der Waals surface area contributed by atoms with Crippen molar-refractivity contribution in [2.24, 2.45) is 0 Å². The molecule has 3 unspecified atom stereocenters. The topological polar surface area (TPSA) is 105 Å². The number of carbonyl (C=O) groups is 1. The zero-order chi connectivity index (χ0) is 53.5. The number of phosphoric acid groups is 1. The first-order valence-electron chi connectivity index (χ1n) is 31.5. The van der Waals surface area contributed by atoms with E-state index in [-0.39, 0.29) is 19.1 Å². The second kappa shape index (κ2) is 55.2. The number of hydrogen-bond acceptors (Lipinski definition) is 5. The number of aliphatic hydroxyl groups excluding tert-OH is 1. The minimum Gasteiger partial charge on any atom is -0.387 e. The minimum atomic E-state index is -4.36. The molecule has 0 aliphatic heterocycles. The standard InChI is InChI=1S/C64H123N2O6P/c1-6-8-10-12-14-16-18-20-22-24-26-28-30-31-32-33-34-36-37-39-41-43-45-47-49-51-53-55-57-63(67)62(61-72-73(69,70)71-60-59-66(3,4)5)65-64(68)58-56-54-52-50-48-46-44-42-40-38-35-29-27-25-23-21-19-17-15-13-11-9-7-2/h25,27,39,41,47,49,55,57,62-63,67H,6-24,26,28-38,40,42-46,48,50-54,56,58-61H2,1-5H3,(H-,65,68,69,70)/p+1/b27-25-,41-39+,49-47+,57-55+. The van der Waals surface area contributed by atoms with Crippen molar-refractivity contribution in [1.29, 1.82) is 0 Å². The molecule has 73 heavy (non-hydrogen) atoms. The highest BCUT2D eigenvalue weighted by Gasteiger charge is 2.27. The first-order chi connectivity index (χ1) is 35.5. The Bertz CT molecular complexity index is 1330. The Morgan fingerprint density at radius 1 is 0.452 bits per heavy atom. The smallest absolute Gasteiger partial charge is 0.387 e. The Balaban J connectivity index is 4.21. The number of phosphoric ester groups is 1. The first-order valence-corrected chi connectivity index (χ1v) is 33.0. The van der Waals surface area contributed by atoms with Crippen molar-refractivity contribution in [3.8, 4) is 0 Å². The summed E-state index contributed by atoms with van der Waals surface area (Å²) in [6.45, 7) is 4.82. The van der Waals surface area contributed by atoms with Gasteiger partial charge in [-0.25, -0.2) is 4.57 Å². The second-order valence-electron chi connectivity index (χ2n) is 22.8. The summed E-state index contributed by atoms with van der Waals surface area (Å²) < 4.78 is 23.7. The summed E-state index contributed by atoms with van der Waals surface area (Å²) in [5, 5.41) is 13.9. The molecule has 0 aliphatic rings. The van der Waals surface area contributed by atoms with Crippen LogP contribution < -0.4 is 5.32 Å². The number of likely N-dealkylation sites (N-methyl/N-ethyl adjacent to an activating group) is 1. The van der Waals surface area contributed by atoms with Crippen molar-refractivity contribution in [1.82, 2.24) is 5.32 Å². The van der Waals surface area contributed by atoms with Gasteiger partial charge in [-0.15, -0.1) is 0 Å². The fourth-order valence-corrected chi connectivity index (χ4v) is 10.0. The van der Waals surface area contributed by atoms with Gasteiger partial charge in [0.25, 0.3) is 0 Å². The van der Waals surface area contributed by atoms with Gasteiger partial charge in [0.1, 0.15) is 13.2 Å². The molecule has 0 radical (unpaired) electrons. The molecule has 0 aromatic rings. The summed E-state index contributed by atoms with van der Waals surface area (Å²) in [7, 11) is 1.55. The molecule has 0 aliphatic carbocycles. The highest BCUT2D eigenvalue weighted by Crippen LogP contribution is 2.43. The molecule has 3 N–H and O–H groups in total. The van der Waals surface area contributed by atoms with Crippen LogP contribution >= 0.6 is 7.82 Å². The number of amides is 1. The van der Waals surface area contributed by atoms with E-state index in [1.54, 1.807) is 6.08 Å².